The van der Waals surface area contributed by atoms with Gasteiger partial charge in [-0.05, 0) is 18.6 Å². The van der Waals surface area contributed by atoms with E-state index in [-0.39, 0.29) is 11.9 Å². The Hall–Kier alpha value is -1.35. The topological polar surface area (TPSA) is 40.5 Å². The van der Waals surface area contributed by atoms with Crippen LogP contribution in [0.4, 0.5) is 0 Å². The molecule has 0 spiro atoms. The van der Waals surface area contributed by atoms with Crippen LogP contribution in [0.15, 0.2) is 24.3 Å². The maximum atomic E-state index is 12.0. The van der Waals surface area contributed by atoms with E-state index in [1.165, 1.54) is 0 Å². The van der Waals surface area contributed by atoms with Gasteiger partial charge < -0.3 is 10.0 Å². The second kappa shape index (κ2) is 2.61. The number of benzene rings is 1. The number of fused-ring (bicyclic) bond motifs is 3. The maximum Gasteiger partial charge on any atom is 0.254 e. The fraction of sp³-hybridized carbons (Fsp3) is 0.417. The van der Waals surface area contributed by atoms with Gasteiger partial charge in [-0.2, -0.15) is 0 Å². The molecule has 1 fully saturated rings. The average Bonchev–Trinajstić information content (AvgIpc) is 2.63. The van der Waals surface area contributed by atoms with E-state index in [4.69, 9.17) is 0 Å². The molecule has 2 aliphatic rings. The summed E-state index contributed by atoms with van der Waals surface area (Å²) in [6.07, 6.45) is 0.649. The molecule has 2 aliphatic heterocycles. The summed E-state index contributed by atoms with van der Waals surface area (Å²) in [5.74, 6) is 0.0633. The number of hydrogen-bond donors (Lipinski definition) is 1. The van der Waals surface area contributed by atoms with Crippen LogP contribution in [0.2, 0.25) is 0 Å². The Kier molecular flexibility index (Phi) is 1.55. The molecule has 1 aromatic carbocycles. The molecule has 2 atom stereocenters. The van der Waals surface area contributed by atoms with Crippen molar-refractivity contribution < 1.29 is 9.90 Å². The summed E-state index contributed by atoms with van der Waals surface area (Å²) in [7, 11) is 0. The van der Waals surface area contributed by atoms with Crippen molar-refractivity contribution in [2.24, 2.45) is 0 Å². The van der Waals surface area contributed by atoms with Crippen molar-refractivity contribution in [2.45, 2.75) is 25.0 Å². The monoisotopic (exact) mass is 203 g/mol. The van der Waals surface area contributed by atoms with Gasteiger partial charge in [0.25, 0.3) is 5.91 Å². The van der Waals surface area contributed by atoms with Crippen LogP contribution in [0.5, 0.6) is 0 Å². The number of hydrogen-bond acceptors (Lipinski definition) is 2. The van der Waals surface area contributed by atoms with E-state index in [2.05, 4.69) is 0 Å². The molecule has 3 rings (SSSR count). The maximum absolute atomic E-state index is 12.0. The number of carbonyl (C=O) groups excluding carboxylic acids is 1. The molecule has 3 nitrogen and oxygen atoms in total. The summed E-state index contributed by atoms with van der Waals surface area (Å²) >= 11 is 0. The molecule has 0 saturated carbocycles. The van der Waals surface area contributed by atoms with Crippen molar-refractivity contribution >= 4 is 5.91 Å². The number of carbonyl (C=O) groups is 1. The lowest BCUT2D eigenvalue weighted by molar-refractivity contribution is 0.0575. The van der Waals surface area contributed by atoms with E-state index < -0.39 is 5.60 Å². The van der Waals surface area contributed by atoms with Crippen LogP contribution in [0.3, 0.4) is 0 Å². The van der Waals surface area contributed by atoms with Gasteiger partial charge >= 0.3 is 0 Å². The normalized spacial score (nSPS) is 33.1. The standard InChI is InChI=1S/C12H13NO2/c1-12(15)6-10-8-4-2-3-5-9(8)11(14)13(10)7-12/h2-5,10,15H,6-7H2,1H3/t10-,12?/m1/s1. The molecular weight excluding hydrogens is 190 g/mol. The number of amides is 1. The Morgan fingerprint density at radius 3 is 3.00 bits per heavy atom. The SMILES string of the molecule is CC1(O)C[C@@H]2c3ccccc3C(=O)N2C1. The van der Waals surface area contributed by atoms with Gasteiger partial charge in [-0.3, -0.25) is 4.79 Å². The molecule has 0 aliphatic carbocycles. The molecule has 1 N–H and O–H groups in total. The third-order valence-corrected chi connectivity index (χ3v) is 3.33. The Morgan fingerprint density at radius 2 is 2.20 bits per heavy atom. The van der Waals surface area contributed by atoms with Crippen LogP contribution in [-0.4, -0.2) is 28.1 Å². The minimum atomic E-state index is -0.728. The molecule has 3 heteroatoms. The molecule has 2 heterocycles. The fourth-order valence-electron chi connectivity index (χ4n) is 2.70. The molecule has 15 heavy (non-hydrogen) atoms. The molecule has 1 aromatic rings. The first-order valence-electron chi connectivity index (χ1n) is 5.21. The quantitative estimate of drug-likeness (QED) is 0.691. The van der Waals surface area contributed by atoms with Crippen LogP contribution in [0.25, 0.3) is 0 Å². The lowest BCUT2D eigenvalue weighted by atomic mass is 9.96. The zero-order chi connectivity index (χ0) is 10.6. The van der Waals surface area contributed by atoms with Gasteiger partial charge in [-0.1, -0.05) is 18.2 Å². The lowest BCUT2D eigenvalue weighted by Crippen LogP contribution is -2.31. The molecule has 1 amide bonds. The van der Waals surface area contributed by atoms with E-state index >= 15 is 0 Å². The molecule has 0 aromatic heterocycles. The largest absolute Gasteiger partial charge is 0.388 e. The molecular formula is C12H13NO2. The van der Waals surface area contributed by atoms with Gasteiger partial charge in [-0.15, -0.1) is 0 Å². The average molecular weight is 203 g/mol. The van der Waals surface area contributed by atoms with Crippen molar-refractivity contribution in [1.82, 2.24) is 4.90 Å². The Morgan fingerprint density at radius 1 is 1.47 bits per heavy atom. The van der Waals surface area contributed by atoms with Gasteiger partial charge in [0.15, 0.2) is 0 Å². The zero-order valence-corrected chi connectivity index (χ0v) is 8.60. The van der Waals surface area contributed by atoms with E-state index in [1.807, 2.05) is 24.3 Å². The van der Waals surface area contributed by atoms with Crippen molar-refractivity contribution in [1.29, 1.82) is 0 Å². The van der Waals surface area contributed by atoms with Crippen LogP contribution in [0, 0.1) is 0 Å². The first-order valence-corrected chi connectivity index (χ1v) is 5.21. The number of rotatable bonds is 0. The minimum Gasteiger partial charge on any atom is -0.388 e. The molecule has 1 unspecified atom stereocenters. The molecule has 0 bridgehead atoms. The fourth-order valence-corrected chi connectivity index (χ4v) is 2.70. The van der Waals surface area contributed by atoms with Gasteiger partial charge in [0.1, 0.15) is 0 Å². The Labute approximate surface area is 88.3 Å². The molecule has 0 radical (unpaired) electrons. The predicted octanol–water partition coefficient (Wildman–Crippen LogP) is 1.34. The highest BCUT2D eigenvalue weighted by Gasteiger charge is 2.47. The Balaban J connectivity index is 2.10. The van der Waals surface area contributed by atoms with Gasteiger partial charge in [0.2, 0.25) is 0 Å². The summed E-state index contributed by atoms with van der Waals surface area (Å²) in [6.45, 7) is 2.24. The highest BCUT2D eigenvalue weighted by molar-refractivity contribution is 5.99. The summed E-state index contributed by atoms with van der Waals surface area (Å²) in [4.78, 5) is 13.8. The molecule has 1 saturated heterocycles. The summed E-state index contributed by atoms with van der Waals surface area (Å²) in [5, 5.41) is 9.95. The van der Waals surface area contributed by atoms with Crippen molar-refractivity contribution in [3.8, 4) is 0 Å². The van der Waals surface area contributed by atoms with Crippen LogP contribution >= 0.6 is 0 Å². The number of nitrogens with zero attached hydrogens (tertiary/aromatic N) is 1. The van der Waals surface area contributed by atoms with Crippen molar-refractivity contribution in [3.05, 3.63) is 35.4 Å². The lowest BCUT2D eigenvalue weighted by Gasteiger charge is -2.16. The summed E-state index contributed by atoms with van der Waals surface area (Å²) in [6, 6.07) is 7.77. The summed E-state index contributed by atoms with van der Waals surface area (Å²) in [5.41, 5.74) is 1.15. The molecule has 78 valence electrons. The Bertz CT molecular complexity index is 439. The highest BCUT2D eigenvalue weighted by Crippen LogP contribution is 2.44. The van der Waals surface area contributed by atoms with E-state index in [1.54, 1.807) is 11.8 Å². The second-order valence-corrected chi connectivity index (χ2v) is 4.74. The van der Waals surface area contributed by atoms with E-state index in [0.29, 0.717) is 13.0 Å². The third kappa shape index (κ3) is 1.13. The van der Waals surface area contributed by atoms with Crippen LogP contribution in [0.1, 0.15) is 35.3 Å². The van der Waals surface area contributed by atoms with Crippen LogP contribution in [-0.2, 0) is 0 Å². The number of aliphatic hydroxyl groups is 1. The highest BCUT2D eigenvalue weighted by atomic mass is 16.3. The van der Waals surface area contributed by atoms with Gasteiger partial charge in [-0.25, -0.2) is 0 Å². The smallest absolute Gasteiger partial charge is 0.254 e. The van der Waals surface area contributed by atoms with E-state index in [0.717, 1.165) is 11.1 Å². The minimum absolute atomic E-state index is 0.0633. The van der Waals surface area contributed by atoms with Crippen molar-refractivity contribution in [3.63, 3.8) is 0 Å². The predicted molar refractivity (Wildman–Crippen MR) is 55.5 cm³/mol. The van der Waals surface area contributed by atoms with Crippen LogP contribution < -0.4 is 0 Å². The van der Waals surface area contributed by atoms with Crippen molar-refractivity contribution in [2.75, 3.05) is 6.54 Å². The zero-order valence-electron chi connectivity index (χ0n) is 8.60. The van der Waals surface area contributed by atoms with Gasteiger partial charge in [0, 0.05) is 12.0 Å². The first kappa shape index (κ1) is 8.92. The van der Waals surface area contributed by atoms with E-state index in [9.17, 15) is 9.90 Å². The first-order chi connectivity index (χ1) is 7.08. The third-order valence-electron chi connectivity index (χ3n) is 3.33. The summed E-state index contributed by atoms with van der Waals surface area (Å²) < 4.78 is 0. The second-order valence-electron chi connectivity index (χ2n) is 4.74. The van der Waals surface area contributed by atoms with Gasteiger partial charge in [0.05, 0.1) is 18.2 Å².